The smallest absolute Gasteiger partial charge is 0.126 e. The molecule has 0 aliphatic heterocycles. The Hall–Kier alpha value is -1.74. The van der Waals surface area contributed by atoms with E-state index in [0.717, 1.165) is 11.1 Å². The van der Waals surface area contributed by atoms with Crippen molar-refractivity contribution in [2.24, 2.45) is 5.73 Å². The lowest BCUT2D eigenvalue weighted by molar-refractivity contribution is 0.612. The van der Waals surface area contributed by atoms with Crippen LogP contribution in [0.5, 0.6) is 0 Å². The first-order chi connectivity index (χ1) is 8.70. The molecule has 0 unspecified atom stereocenters. The van der Waals surface area contributed by atoms with Crippen LogP contribution in [0, 0.1) is 11.6 Å². The highest BCUT2D eigenvalue weighted by atomic mass is 19.1. The molecule has 0 radical (unpaired) electrons. The van der Waals surface area contributed by atoms with Crippen molar-refractivity contribution in [1.82, 2.24) is 0 Å². The molecule has 0 aliphatic carbocycles. The summed E-state index contributed by atoms with van der Waals surface area (Å²) in [5.74, 6) is -0.517. The maximum atomic E-state index is 13.6. The lowest BCUT2D eigenvalue weighted by Gasteiger charge is -2.09. The van der Waals surface area contributed by atoms with E-state index in [9.17, 15) is 8.78 Å². The molecule has 0 saturated carbocycles. The zero-order valence-corrected chi connectivity index (χ0v) is 10.00. The van der Waals surface area contributed by atoms with Gasteiger partial charge in [0, 0.05) is 6.42 Å². The minimum Gasteiger partial charge on any atom is -0.330 e. The molecule has 0 bridgehead atoms. The molecular weight excluding hydrogens is 232 g/mol. The van der Waals surface area contributed by atoms with Crippen molar-refractivity contribution in [1.29, 1.82) is 0 Å². The van der Waals surface area contributed by atoms with Crippen molar-refractivity contribution in [3.05, 3.63) is 70.8 Å². The summed E-state index contributed by atoms with van der Waals surface area (Å²) < 4.78 is 26.7. The van der Waals surface area contributed by atoms with Crippen LogP contribution in [-0.4, -0.2) is 6.54 Å². The van der Waals surface area contributed by atoms with Crippen molar-refractivity contribution in [3.8, 4) is 0 Å². The van der Waals surface area contributed by atoms with Crippen LogP contribution in [0.2, 0.25) is 0 Å². The molecule has 0 heterocycles. The topological polar surface area (TPSA) is 26.0 Å². The summed E-state index contributed by atoms with van der Waals surface area (Å²) in [4.78, 5) is 0. The maximum Gasteiger partial charge on any atom is 0.126 e. The van der Waals surface area contributed by atoms with E-state index in [4.69, 9.17) is 5.73 Å². The molecule has 0 aliphatic rings. The van der Waals surface area contributed by atoms with Gasteiger partial charge in [0.05, 0.1) is 0 Å². The van der Waals surface area contributed by atoms with Crippen LogP contribution < -0.4 is 5.73 Å². The molecule has 1 nitrogen and oxygen atoms in total. The van der Waals surface area contributed by atoms with Crippen molar-refractivity contribution >= 4 is 0 Å². The highest BCUT2D eigenvalue weighted by Crippen LogP contribution is 2.18. The molecule has 0 spiro atoms. The van der Waals surface area contributed by atoms with Crippen LogP contribution in [-0.2, 0) is 12.8 Å². The van der Waals surface area contributed by atoms with E-state index in [2.05, 4.69) is 0 Å². The van der Waals surface area contributed by atoms with E-state index in [1.165, 1.54) is 18.2 Å². The zero-order chi connectivity index (χ0) is 13.0. The number of rotatable bonds is 4. The van der Waals surface area contributed by atoms with Crippen molar-refractivity contribution < 1.29 is 8.78 Å². The molecule has 2 rings (SSSR count). The van der Waals surface area contributed by atoms with Gasteiger partial charge in [-0.1, -0.05) is 24.3 Å². The van der Waals surface area contributed by atoms with Gasteiger partial charge in [0.15, 0.2) is 0 Å². The van der Waals surface area contributed by atoms with E-state index >= 15 is 0 Å². The Morgan fingerprint density at radius 1 is 0.889 bits per heavy atom. The van der Waals surface area contributed by atoms with Crippen molar-refractivity contribution in [2.75, 3.05) is 6.54 Å². The van der Waals surface area contributed by atoms with E-state index in [1.54, 1.807) is 24.3 Å². The molecule has 2 aromatic carbocycles. The van der Waals surface area contributed by atoms with Crippen LogP contribution in [0.1, 0.15) is 16.7 Å². The average molecular weight is 247 g/mol. The second kappa shape index (κ2) is 5.74. The van der Waals surface area contributed by atoms with E-state index in [1.807, 2.05) is 0 Å². The molecule has 0 aromatic heterocycles. The number of hydrogen-bond acceptors (Lipinski definition) is 1. The summed E-state index contributed by atoms with van der Waals surface area (Å²) in [5, 5.41) is 0. The Labute approximate surface area is 105 Å². The van der Waals surface area contributed by atoms with Gasteiger partial charge in [-0.15, -0.1) is 0 Å². The molecule has 18 heavy (non-hydrogen) atoms. The normalized spacial score (nSPS) is 10.6. The SMILES string of the molecule is NCCc1cc(F)ccc1Cc1ccccc1F. The summed E-state index contributed by atoms with van der Waals surface area (Å²) >= 11 is 0. The highest BCUT2D eigenvalue weighted by molar-refractivity contribution is 5.34. The molecule has 0 saturated heterocycles. The van der Waals surface area contributed by atoms with Crippen LogP contribution in [0.4, 0.5) is 8.78 Å². The average Bonchev–Trinajstić information content (AvgIpc) is 2.35. The van der Waals surface area contributed by atoms with E-state index < -0.39 is 0 Å². The summed E-state index contributed by atoms with van der Waals surface area (Å²) in [5.41, 5.74) is 7.89. The number of hydrogen-bond donors (Lipinski definition) is 1. The summed E-state index contributed by atoms with van der Waals surface area (Å²) in [6.45, 7) is 0.452. The third-order valence-electron chi connectivity index (χ3n) is 2.92. The van der Waals surface area contributed by atoms with Gasteiger partial charge in [-0.05, 0) is 47.9 Å². The van der Waals surface area contributed by atoms with E-state index in [-0.39, 0.29) is 11.6 Å². The maximum absolute atomic E-state index is 13.6. The first-order valence-electron chi connectivity index (χ1n) is 5.91. The van der Waals surface area contributed by atoms with Gasteiger partial charge in [-0.3, -0.25) is 0 Å². The third kappa shape index (κ3) is 2.93. The van der Waals surface area contributed by atoms with Crippen molar-refractivity contribution in [2.45, 2.75) is 12.8 Å². The van der Waals surface area contributed by atoms with Gasteiger partial charge in [0.25, 0.3) is 0 Å². The molecule has 2 N–H and O–H groups in total. The Bertz CT molecular complexity index is 538. The first-order valence-corrected chi connectivity index (χ1v) is 5.91. The number of benzene rings is 2. The summed E-state index contributed by atoms with van der Waals surface area (Å²) in [7, 11) is 0. The number of nitrogens with two attached hydrogens (primary N) is 1. The largest absolute Gasteiger partial charge is 0.330 e. The molecule has 0 atom stereocenters. The predicted molar refractivity (Wildman–Crippen MR) is 68.4 cm³/mol. The monoisotopic (exact) mass is 247 g/mol. The van der Waals surface area contributed by atoms with Gasteiger partial charge < -0.3 is 5.73 Å². The van der Waals surface area contributed by atoms with Crippen LogP contribution in [0.3, 0.4) is 0 Å². The molecular formula is C15H15F2N. The highest BCUT2D eigenvalue weighted by Gasteiger charge is 2.07. The second-order valence-corrected chi connectivity index (χ2v) is 4.22. The fraction of sp³-hybridized carbons (Fsp3) is 0.200. The third-order valence-corrected chi connectivity index (χ3v) is 2.92. The molecule has 2 aromatic rings. The van der Waals surface area contributed by atoms with Gasteiger partial charge in [0.2, 0.25) is 0 Å². The minimum atomic E-state index is -0.282. The number of halogens is 2. The molecule has 94 valence electrons. The zero-order valence-electron chi connectivity index (χ0n) is 10.00. The predicted octanol–water partition coefficient (Wildman–Crippen LogP) is 3.06. The quantitative estimate of drug-likeness (QED) is 0.883. The fourth-order valence-electron chi connectivity index (χ4n) is 2.00. The minimum absolute atomic E-state index is 0.236. The van der Waals surface area contributed by atoms with Crippen LogP contribution in [0.15, 0.2) is 42.5 Å². The molecule has 0 fully saturated rings. The Balaban J connectivity index is 2.31. The first kappa shape index (κ1) is 12.7. The lowest BCUT2D eigenvalue weighted by atomic mass is 9.97. The van der Waals surface area contributed by atoms with E-state index in [0.29, 0.717) is 24.9 Å². The van der Waals surface area contributed by atoms with Crippen LogP contribution in [0.25, 0.3) is 0 Å². The second-order valence-electron chi connectivity index (χ2n) is 4.22. The van der Waals surface area contributed by atoms with Crippen LogP contribution >= 0.6 is 0 Å². The summed E-state index contributed by atoms with van der Waals surface area (Å²) in [6, 6.07) is 11.2. The van der Waals surface area contributed by atoms with Gasteiger partial charge in [-0.25, -0.2) is 8.78 Å². The molecule has 3 heteroatoms. The standard InChI is InChI=1S/C15H15F2N/c16-14-6-5-11(12(10-14)7-8-18)9-13-3-1-2-4-15(13)17/h1-6,10H,7-9,18H2. The fourth-order valence-corrected chi connectivity index (χ4v) is 2.00. The molecule has 0 amide bonds. The van der Waals surface area contributed by atoms with Crippen molar-refractivity contribution in [3.63, 3.8) is 0 Å². The van der Waals surface area contributed by atoms with Gasteiger partial charge >= 0.3 is 0 Å². The Morgan fingerprint density at radius 3 is 2.39 bits per heavy atom. The summed E-state index contributed by atoms with van der Waals surface area (Å²) in [6.07, 6.45) is 1.06. The lowest BCUT2D eigenvalue weighted by Crippen LogP contribution is -2.06. The van der Waals surface area contributed by atoms with Gasteiger partial charge in [0.1, 0.15) is 11.6 Å². The Morgan fingerprint density at radius 2 is 1.67 bits per heavy atom. The Kier molecular flexibility index (Phi) is 4.05. The van der Waals surface area contributed by atoms with Gasteiger partial charge in [-0.2, -0.15) is 0 Å².